The predicted molar refractivity (Wildman–Crippen MR) is 139 cm³/mol. The molecule has 0 heterocycles. The smallest absolute Gasteiger partial charge is 0.330 e. The number of carboxylic acid groups (broad SMARTS) is 2. The summed E-state index contributed by atoms with van der Waals surface area (Å²) >= 11 is 0. The molecule has 0 aromatic carbocycles. The molecule has 0 spiro atoms. The Morgan fingerprint density at radius 1 is 1.23 bits per heavy atom. The highest BCUT2D eigenvalue weighted by atomic mass is 16.4. The minimum Gasteiger partial charge on any atom is -0.481 e. The third-order valence-corrected chi connectivity index (χ3v) is 10.1. The Labute approximate surface area is 211 Å². The molecule has 0 radical (unpaired) electrons. The van der Waals surface area contributed by atoms with Crippen molar-refractivity contribution in [2.24, 2.45) is 40.4 Å². The summed E-state index contributed by atoms with van der Waals surface area (Å²) in [6.07, 6.45) is 10.8. The molecular formula is C30H46O5. The molecule has 3 rings (SSSR count). The number of carbonyl (C=O) groups is 2. The summed E-state index contributed by atoms with van der Waals surface area (Å²) in [5.74, 6) is -0.120. The van der Waals surface area contributed by atoms with Crippen LogP contribution in [0.15, 0.2) is 35.5 Å². The molecule has 0 aromatic heterocycles. The number of hydrogen-bond acceptors (Lipinski definition) is 3. The highest BCUT2D eigenvalue weighted by Gasteiger charge is 2.59. The highest BCUT2D eigenvalue weighted by molar-refractivity contribution is 5.85. The summed E-state index contributed by atoms with van der Waals surface area (Å²) in [5.41, 5.74) is 1.92. The Bertz CT molecular complexity index is 922. The molecule has 0 aromatic rings. The zero-order valence-corrected chi connectivity index (χ0v) is 22.6. The van der Waals surface area contributed by atoms with Gasteiger partial charge in [0.15, 0.2) is 0 Å². The van der Waals surface area contributed by atoms with E-state index in [2.05, 4.69) is 33.4 Å². The lowest BCUT2D eigenvalue weighted by atomic mass is 9.51. The molecule has 7 atom stereocenters. The van der Waals surface area contributed by atoms with Crippen LogP contribution < -0.4 is 0 Å². The van der Waals surface area contributed by atoms with Gasteiger partial charge in [0.25, 0.3) is 0 Å². The minimum atomic E-state index is -0.872. The zero-order chi connectivity index (χ0) is 26.3. The van der Waals surface area contributed by atoms with Gasteiger partial charge < -0.3 is 15.3 Å². The van der Waals surface area contributed by atoms with E-state index in [-0.39, 0.29) is 29.1 Å². The molecule has 3 N–H and O–H groups in total. The Hall–Kier alpha value is -1.88. The Balaban J connectivity index is 1.88. The molecule has 0 aliphatic heterocycles. The Morgan fingerprint density at radius 2 is 1.89 bits per heavy atom. The third-order valence-electron chi connectivity index (χ3n) is 10.1. The number of carboxylic acids is 2. The molecular weight excluding hydrogens is 440 g/mol. The molecule has 196 valence electrons. The van der Waals surface area contributed by atoms with Crippen LogP contribution >= 0.6 is 0 Å². The fourth-order valence-corrected chi connectivity index (χ4v) is 8.05. The Morgan fingerprint density at radius 3 is 2.46 bits per heavy atom. The fourth-order valence-electron chi connectivity index (χ4n) is 8.05. The summed E-state index contributed by atoms with van der Waals surface area (Å²) in [6.45, 7) is 16.9. The first kappa shape index (κ1) is 27.7. The number of fused-ring (bicyclic) bond motifs is 3. The molecule has 5 heteroatoms. The molecule has 5 nitrogen and oxygen atoms in total. The van der Waals surface area contributed by atoms with Gasteiger partial charge in [-0.05, 0) is 100 Å². The van der Waals surface area contributed by atoms with E-state index in [4.69, 9.17) is 5.11 Å². The molecule has 2 saturated carbocycles. The van der Waals surface area contributed by atoms with Gasteiger partial charge in [0.2, 0.25) is 0 Å². The van der Waals surface area contributed by atoms with Crippen molar-refractivity contribution in [3.05, 3.63) is 35.5 Å². The predicted octanol–water partition coefficient (Wildman–Crippen LogP) is 6.63. The standard InChI is InChI=1S/C30H46O5/c1-18(9-8-10-19(2)27(33)34)21-13-15-29(6)22-11-12-25(28(4,5)35)30(7,16-14-26(31)32)24(22)17-23(29)20(21)3/h10,17-18,21-23,25,35H,3,8-9,11-16H2,1-2,4-7H3,(H,31,32)(H,33,34)/b19-10-/t18-,21-,22-,23+,25+,29+,30-/m1/s1. The van der Waals surface area contributed by atoms with Crippen molar-refractivity contribution in [3.63, 3.8) is 0 Å². The van der Waals surface area contributed by atoms with Gasteiger partial charge in [-0.25, -0.2) is 4.79 Å². The van der Waals surface area contributed by atoms with E-state index in [0.717, 1.165) is 38.5 Å². The largest absolute Gasteiger partial charge is 0.481 e. The number of allylic oxidation sites excluding steroid dienone is 4. The first-order valence-corrected chi connectivity index (χ1v) is 13.4. The molecule has 3 aliphatic rings. The molecule has 35 heavy (non-hydrogen) atoms. The molecule has 0 unspecified atom stereocenters. The number of aliphatic hydroxyl groups is 1. The van der Waals surface area contributed by atoms with Crippen molar-refractivity contribution in [2.75, 3.05) is 0 Å². The number of aliphatic carboxylic acids is 2. The van der Waals surface area contributed by atoms with Crippen LogP contribution in [0.5, 0.6) is 0 Å². The van der Waals surface area contributed by atoms with Crippen LogP contribution in [0.3, 0.4) is 0 Å². The van der Waals surface area contributed by atoms with Gasteiger partial charge in [-0.1, -0.05) is 50.6 Å². The van der Waals surface area contributed by atoms with E-state index in [1.165, 1.54) is 11.1 Å². The average Bonchev–Trinajstić information content (AvgIpc) is 3.06. The summed E-state index contributed by atoms with van der Waals surface area (Å²) in [4.78, 5) is 22.6. The van der Waals surface area contributed by atoms with E-state index in [0.29, 0.717) is 29.7 Å². The first-order valence-electron chi connectivity index (χ1n) is 13.4. The maximum absolute atomic E-state index is 11.5. The normalized spacial score (nSPS) is 36.3. The van der Waals surface area contributed by atoms with Crippen LogP contribution in [0.1, 0.15) is 92.9 Å². The van der Waals surface area contributed by atoms with E-state index in [1.807, 2.05) is 19.9 Å². The lowest BCUT2D eigenvalue weighted by Gasteiger charge is -2.54. The van der Waals surface area contributed by atoms with Gasteiger partial charge in [-0.2, -0.15) is 0 Å². The summed E-state index contributed by atoms with van der Waals surface area (Å²) in [6, 6.07) is 0. The zero-order valence-electron chi connectivity index (χ0n) is 22.6. The molecule has 2 fully saturated rings. The number of hydrogen-bond donors (Lipinski definition) is 3. The van der Waals surface area contributed by atoms with E-state index < -0.39 is 17.5 Å². The van der Waals surface area contributed by atoms with Crippen LogP contribution in [0.4, 0.5) is 0 Å². The molecule has 0 amide bonds. The van der Waals surface area contributed by atoms with E-state index in [1.54, 1.807) is 6.92 Å². The van der Waals surface area contributed by atoms with Gasteiger partial charge in [0.05, 0.1) is 5.60 Å². The van der Waals surface area contributed by atoms with Crippen LogP contribution in [-0.2, 0) is 9.59 Å². The van der Waals surface area contributed by atoms with E-state index >= 15 is 0 Å². The summed E-state index contributed by atoms with van der Waals surface area (Å²) in [5, 5.41) is 29.7. The van der Waals surface area contributed by atoms with Gasteiger partial charge in [-0.3, -0.25) is 4.79 Å². The average molecular weight is 487 g/mol. The van der Waals surface area contributed by atoms with Crippen LogP contribution in [0.2, 0.25) is 0 Å². The lowest BCUT2D eigenvalue weighted by Crippen LogP contribution is -2.50. The van der Waals surface area contributed by atoms with Crippen molar-refractivity contribution in [3.8, 4) is 0 Å². The second-order valence-corrected chi connectivity index (χ2v) is 12.7. The monoisotopic (exact) mass is 486 g/mol. The highest BCUT2D eigenvalue weighted by Crippen LogP contribution is 2.67. The van der Waals surface area contributed by atoms with Crippen molar-refractivity contribution >= 4 is 11.9 Å². The first-order chi connectivity index (χ1) is 16.1. The van der Waals surface area contributed by atoms with Crippen molar-refractivity contribution in [2.45, 2.75) is 98.5 Å². The SMILES string of the molecule is C=C1[C@@H]([C@H](C)CC/C=C(/C)C(=O)O)CC[C@@]2(C)[C@@H]3CC[C@@H](C(C)(C)O)[C@](C)(CCC(=O)O)C3=C[C@@H]12. The topological polar surface area (TPSA) is 94.8 Å². The van der Waals surface area contributed by atoms with Crippen molar-refractivity contribution < 1.29 is 24.9 Å². The van der Waals surface area contributed by atoms with Gasteiger partial charge >= 0.3 is 11.9 Å². The maximum atomic E-state index is 11.5. The fraction of sp³-hybridized carbons (Fsp3) is 0.733. The van der Waals surface area contributed by atoms with Crippen LogP contribution in [0.25, 0.3) is 0 Å². The summed E-state index contributed by atoms with van der Waals surface area (Å²) in [7, 11) is 0. The van der Waals surface area contributed by atoms with Gasteiger partial charge in [0.1, 0.15) is 0 Å². The number of rotatable bonds is 9. The second-order valence-electron chi connectivity index (χ2n) is 12.7. The Kier molecular flexibility index (Phi) is 7.82. The van der Waals surface area contributed by atoms with Crippen LogP contribution in [0, 0.1) is 40.4 Å². The van der Waals surface area contributed by atoms with Crippen molar-refractivity contribution in [1.82, 2.24) is 0 Å². The second kappa shape index (κ2) is 9.88. The summed E-state index contributed by atoms with van der Waals surface area (Å²) < 4.78 is 0. The van der Waals surface area contributed by atoms with E-state index in [9.17, 15) is 19.8 Å². The van der Waals surface area contributed by atoms with Crippen LogP contribution in [-0.4, -0.2) is 32.9 Å². The van der Waals surface area contributed by atoms with Gasteiger partial charge in [-0.15, -0.1) is 0 Å². The maximum Gasteiger partial charge on any atom is 0.330 e. The molecule has 0 bridgehead atoms. The third kappa shape index (κ3) is 5.16. The minimum absolute atomic E-state index is 0.0212. The molecule has 3 aliphatic carbocycles. The van der Waals surface area contributed by atoms with Crippen molar-refractivity contribution in [1.29, 1.82) is 0 Å². The molecule has 0 saturated heterocycles. The quantitative estimate of drug-likeness (QED) is 0.251. The van der Waals surface area contributed by atoms with Gasteiger partial charge in [0, 0.05) is 17.9 Å². The lowest BCUT2D eigenvalue weighted by molar-refractivity contribution is -0.138.